The smallest absolute Gasteiger partial charge is 0.259 e. The summed E-state index contributed by atoms with van der Waals surface area (Å²) in [5, 5.41) is 15.0. The van der Waals surface area contributed by atoms with Crippen molar-refractivity contribution in [3.05, 3.63) is 69.1 Å². The van der Waals surface area contributed by atoms with Crippen molar-refractivity contribution in [2.45, 2.75) is 52.4 Å². The highest BCUT2D eigenvalue weighted by Gasteiger charge is 2.26. The van der Waals surface area contributed by atoms with Crippen LogP contribution >= 0.6 is 8.19 Å². The maximum atomic E-state index is 13.0. The monoisotopic (exact) mass is 409 g/mol. The SMILES string of the molecule is CC(C)(C)c1cc(C(C)(C)C)c(NC(=O)c2c[pH]c3ccccc3c2=O)cc1O. The number of benzene rings is 2. The number of hydrogen-bond acceptors (Lipinski definition) is 3. The number of phenolic OH excluding ortho intramolecular Hbond substituents is 1. The van der Waals surface area contributed by atoms with E-state index in [-0.39, 0.29) is 35.8 Å². The lowest BCUT2D eigenvalue weighted by Gasteiger charge is -2.28. The van der Waals surface area contributed by atoms with Crippen LogP contribution in [0.5, 0.6) is 5.75 Å². The number of nitrogens with one attached hydrogen (secondary N) is 1. The molecule has 0 saturated carbocycles. The second-order valence-electron chi connectivity index (χ2n) is 9.45. The molecule has 0 radical (unpaired) electrons. The zero-order valence-corrected chi connectivity index (χ0v) is 18.8. The first-order chi connectivity index (χ1) is 13.4. The number of phenols is 1. The molecule has 3 aromatic rings. The van der Waals surface area contributed by atoms with Gasteiger partial charge in [0.25, 0.3) is 5.91 Å². The molecule has 0 aliphatic carbocycles. The van der Waals surface area contributed by atoms with E-state index in [1.807, 2.05) is 45.0 Å². The predicted molar refractivity (Wildman–Crippen MR) is 123 cm³/mol. The second-order valence-corrected chi connectivity index (χ2v) is 10.6. The van der Waals surface area contributed by atoms with Crippen LogP contribution in [0.1, 0.15) is 63.0 Å². The Labute approximate surface area is 173 Å². The van der Waals surface area contributed by atoms with Crippen molar-refractivity contribution < 1.29 is 9.90 Å². The van der Waals surface area contributed by atoms with E-state index in [2.05, 4.69) is 26.1 Å². The molecule has 0 aliphatic heterocycles. The van der Waals surface area contributed by atoms with Crippen LogP contribution < -0.4 is 10.7 Å². The molecule has 4 nitrogen and oxygen atoms in total. The van der Waals surface area contributed by atoms with Crippen LogP contribution in [0.2, 0.25) is 0 Å². The van der Waals surface area contributed by atoms with Gasteiger partial charge in [-0.2, -0.15) is 0 Å². The van der Waals surface area contributed by atoms with Gasteiger partial charge in [0.1, 0.15) is 5.75 Å². The molecule has 1 heterocycles. The molecule has 3 rings (SSSR count). The number of anilines is 1. The molecular weight excluding hydrogens is 381 g/mol. The second kappa shape index (κ2) is 7.35. The zero-order valence-electron chi connectivity index (χ0n) is 17.8. The Balaban J connectivity index is 2.08. The summed E-state index contributed by atoms with van der Waals surface area (Å²) < 4.78 is 0. The van der Waals surface area contributed by atoms with Crippen molar-refractivity contribution in [1.82, 2.24) is 0 Å². The molecule has 0 fully saturated rings. The molecule has 0 aliphatic rings. The first kappa shape index (κ1) is 21.1. The molecule has 2 aromatic carbocycles. The number of carbonyl (C=O) groups is 1. The van der Waals surface area contributed by atoms with E-state index in [1.165, 1.54) is 0 Å². The van der Waals surface area contributed by atoms with Crippen molar-refractivity contribution >= 4 is 30.3 Å². The largest absolute Gasteiger partial charge is 0.508 e. The van der Waals surface area contributed by atoms with E-state index in [1.54, 1.807) is 17.9 Å². The number of amides is 1. The molecule has 1 amide bonds. The van der Waals surface area contributed by atoms with Crippen LogP contribution in [0.15, 0.2) is 47.0 Å². The number of rotatable bonds is 2. The van der Waals surface area contributed by atoms with Gasteiger partial charge in [0.05, 0.1) is 5.56 Å². The third-order valence-corrected chi connectivity index (χ3v) is 6.21. The van der Waals surface area contributed by atoms with Crippen LogP contribution in [-0.2, 0) is 10.8 Å². The third kappa shape index (κ3) is 4.23. The summed E-state index contributed by atoms with van der Waals surface area (Å²) in [4.78, 5) is 25.8. The van der Waals surface area contributed by atoms with E-state index >= 15 is 0 Å². The fourth-order valence-corrected chi connectivity index (χ4v) is 4.55. The minimum Gasteiger partial charge on any atom is -0.508 e. The van der Waals surface area contributed by atoms with E-state index in [0.29, 0.717) is 11.1 Å². The first-order valence-corrected chi connectivity index (χ1v) is 10.8. The molecule has 0 spiro atoms. The molecule has 152 valence electrons. The van der Waals surface area contributed by atoms with Crippen molar-refractivity contribution in [3.63, 3.8) is 0 Å². The molecule has 0 bridgehead atoms. The van der Waals surface area contributed by atoms with Gasteiger partial charge < -0.3 is 10.4 Å². The van der Waals surface area contributed by atoms with Crippen molar-refractivity contribution in [1.29, 1.82) is 0 Å². The molecule has 1 unspecified atom stereocenters. The molecule has 0 saturated heterocycles. The molecule has 29 heavy (non-hydrogen) atoms. The van der Waals surface area contributed by atoms with Gasteiger partial charge in [0, 0.05) is 22.3 Å². The van der Waals surface area contributed by atoms with Crippen LogP contribution in [-0.4, -0.2) is 11.0 Å². The van der Waals surface area contributed by atoms with E-state index in [4.69, 9.17) is 0 Å². The normalized spacial score (nSPS) is 12.5. The van der Waals surface area contributed by atoms with Gasteiger partial charge >= 0.3 is 0 Å². The molecule has 1 atom stereocenters. The highest BCUT2D eigenvalue weighted by Crippen LogP contribution is 2.39. The molecule has 5 heteroatoms. The average Bonchev–Trinajstić information content (AvgIpc) is 2.60. The summed E-state index contributed by atoms with van der Waals surface area (Å²) in [7, 11) is 0.274. The summed E-state index contributed by atoms with van der Waals surface area (Å²) >= 11 is 0. The highest BCUT2D eigenvalue weighted by molar-refractivity contribution is 7.36. The van der Waals surface area contributed by atoms with Crippen LogP contribution in [0.3, 0.4) is 0 Å². The Kier molecular flexibility index (Phi) is 5.36. The lowest BCUT2D eigenvalue weighted by molar-refractivity contribution is 0.102. The van der Waals surface area contributed by atoms with Gasteiger partial charge in [0.15, 0.2) is 5.43 Å². The quantitative estimate of drug-likeness (QED) is 0.563. The van der Waals surface area contributed by atoms with Gasteiger partial charge in [0.2, 0.25) is 0 Å². The van der Waals surface area contributed by atoms with Gasteiger partial charge in [-0.1, -0.05) is 65.8 Å². The summed E-state index contributed by atoms with van der Waals surface area (Å²) in [5.74, 6) is 1.41. The van der Waals surface area contributed by atoms with Crippen LogP contribution in [0.25, 0.3) is 10.5 Å². The lowest BCUT2D eigenvalue weighted by atomic mass is 9.79. The van der Waals surface area contributed by atoms with Crippen molar-refractivity contribution in [2.75, 3.05) is 5.32 Å². The number of hydrogen-bond donors (Lipinski definition) is 2. The Morgan fingerprint density at radius 2 is 1.59 bits per heavy atom. The minimum atomic E-state index is -0.439. The van der Waals surface area contributed by atoms with Crippen molar-refractivity contribution in [3.8, 4) is 5.75 Å². The van der Waals surface area contributed by atoms with Crippen LogP contribution in [0, 0.1) is 0 Å². The number of carbonyl (C=O) groups excluding carboxylic acids is 1. The minimum absolute atomic E-state index is 0.136. The summed E-state index contributed by atoms with van der Waals surface area (Å²) in [6, 6.07) is 10.9. The maximum Gasteiger partial charge on any atom is 0.259 e. The third-order valence-electron chi connectivity index (χ3n) is 5.03. The topological polar surface area (TPSA) is 66.4 Å². The fourth-order valence-electron chi connectivity index (χ4n) is 3.44. The Morgan fingerprint density at radius 1 is 0.966 bits per heavy atom. The summed E-state index contributed by atoms with van der Waals surface area (Å²) in [5.41, 5.74) is 1.67. The predicted octanol–water partition coefficient (Wildman–Crippen LogP) is 5.78. The fraction of sp³-hybridized carbons (Fsp3) is 0.333. The Morgan fingerprint density at radius 3 is 2.21 bits per heavy atom. The van der Waals surface area contributed by atoms with Gasteiger partial charge in [-0.15, -0.1) is 8.19 Å². The molecule has 1 aromatic heterocycles. The highest BCUT2D eigenvalue weighted by atomic mass is 31.0. The van der Waals surface area contributed by atoms with Gasteiger partial charge in [-0.05, 0) is 33.8 Å². The van der Waals surface area contributed by atoms with Gasteiger partial charge in [-0.25, -0.2) is 0 Å². The van der Waals surface area contributed by atoms with Crippen LogP contribution in [0.4, 0.5) is 5.69 Å². The zero-order chi connectivity index (χ0) is 21.6. The standard InChI is InChI=1S/C24H28NO3P/c1-23(2,3)16-11-17(24(4,5)6)19(26)12-18(16)25-22(28)15-13-29-20-10-8-7-9-14(20)21(15)27/h7-13,26,29H,1-6H3,(H,25,28). The van der Waals surface area contributed by atoms with E-state index < -0.39 is 5.91 Å². The van der Waals surface area contributed by atoms with E-state index in [9.17, 15) is 14.7 Å². The lowest BCUT2D eigenvalue weighted by Crippen LogP contribution is -2.24. The summed E-state index contributed by atoms with van der Waals surface area (Å²) in [6.07, 6.45) is 0. The van der Waals surface area contributed by atoms with Gasteiger partial charge in [-0.3, -0.25) is 9.59 Å². The molecular formula is C24H28NO3P. The van der Waals surface area contributed by atoms with E-state index in [0.717, 1.165) is 16.2 Å². The number of aromatic hydroxyl groups is 1. The van der Waals surface area contributed by atoms with Crippen molar-refractivity contribution in [2.24, 2.45) is 0 Å². The molecule has 2 N–H and O–H groups in total. The number of fused-ring (bicyclic) bond motifs is 1. The summed E-state index contributed by atoms with van der Waals surface area (Å²) in [6.45, 7) is 12.3. The average molecular weight is 409 g/mol. The Bertz CT molecular complexity index is 1150. The Hall–Kier alpha value is -2.58. The first-order valence-electron chi connectivity index (χ1n) is 9.69. The maximum absolute atomic E-state index is 13.0.